The van der Waals surface area contributed by atoms with Crippen molar-refractivity contribution in [2.75, 3.05) is 30.3 Å². The molecule has 2 amide bonds. The maximum Gasteiger partial charge on any atom is 0.322 e. The Morgan fingerprint density at radius 1 is 0.644 bits per heavy atom. The smallest absolute Gasteiger partial charge is 0.322 e. The normalized spacial score (nSPS) is 9.87. The van der Waals surface area contributed by atoms with Crippen LogP contribution in [0.25, 0.3) is 0 Å². The first-order valence-corrected chi connectivity index (χ1v) is 15.1. The second-order valence-electron chi connectivity index (χ2n) is 9.73. The van der Waals surface area contributed by atoms with Gasteiger partial charge >= 0.3 is 5.97 Å². The molecule has 0 unspecified atom stereocenters. The van der Waals surface area contributed by atoms with Gasteiger partial charge in [0.05, 0.1) is 17.9 Å². The molecule has 9 N–H and O–H groups in total. The lowest BCUT2D eigenvalue weighted by molar-refractivity contribution is -0.135. The van der Waals surface area contributed by atoms with Gasteiger partial charge < -0.3 is 32.9 Å². The van der Waals surface area contributed by atoms with E-state index in [1.807, 2.05) is 50.2 Å². The van der Waals surface area contributed by atoms with Crippen LogP contribution in [0.5, 0.6) is 0 Å². The first-order chi connectivity index (χ1) is 21.3. The number of aryl methyl sites for hydroxylation is 2. The number of ketones is 1. The van der Waals surface area contributed by atoms with E-state index < -0.39 is 5.97 Å². The molecule has 12 heteroatoms. The SMILES string of the molecule is Cc1cc(C(=O)NCC(=O)Cc2ccccc2N)ccc1Br.Cc1cc(C(=O)NCC(=O)O)ccc1Br.Nc1ccccc1N. The van der Waals surface area contributed by atoms with Gasteiger partial charge in [-0.1, -0.05) is 62.2 Å². The molecule has 0 aromatic heterocycles. The lowest BCUT2D eigenvalue weighted by Crippen LogP contribution is -2.30. The van der Waals surface area contributed by atoms with Gasteiger partial charge in [-0.05, 0) is 85.1 Å². The van der Waals surface area contributed by atoms with Crippen LogP contribution in [0.2, 0.25) is 0 Å². The number of Topliss-reactive ketones (excluding diaryl/α,β-unsaturated/α-hetero) is 1. The molecule has 0 aliphatic carbocycles. The molecule has 0 bridgehead atoms. The van der Waals surface area contributed by atoms with Crippen LogP contribution in [-0.2, 0) is 16.0 Å². The van der Waals surface area contributed by atoms with Crippen LogP contribution in [0, 0.1) is 13.8 Å². The summed E-state index contributed by atoms with van der Waals surface area (Å²) < 4.78 is 1.86. The van der Waals surface area contributed by atoms with E-state index in [1.54, 1.807) is 48.5 Å². The van der Waals surface area contributed by atoms with Gasteiger partial charge in [0.2, 0.25) is 0 Å². The van der Waals surface area contributed by atoms with Gasteiger partial charge in [-0.25, -0.2) is 0 Å². The maximum atomic E-state index is 12.0. The standard InChI is InChI=1S/C17H17BrN2O2.C10H10BrNO3.C6H8N2/c1-11-8-13(6-7-15(11)18)17(22)20-10-14(21)9-12-4-2-3-5-16(12)19;1-6-4-7(2-3-8(6)11)10(15)12-5-9(13)14;7-5-3-1-2-4-6(5)8/h2-8H,9-10,19H2,1H3,(H,20,22);2-4H,5H2,1H3,(H,12,15)(H,13,14);1-4H,7-8H2. The number of carbonyl (C=O) groups is 4. The number of carboxylic acid groups (broad SMARTS) is 1. The van der Waals surface area contributed by atoms with E-state index in [2.05, 4.69) is 42.5 Å². The highest BCUT2D eigenvalue weighted by molar-refractivity contribution is 9.10. The topological polar surface area (TPSA) is 191 Å². The highest BCUT2D eigenvalue weighted by Gasteiger charge is 2.11. The fourth-order valence-electron chi connectivity index (χ4n) is 3.59. The van der Waals surface area contributed by atoms with Crippen molar-refractivity contribution >= 4 is 72.5 Å². The third-order valence-electron chi connectivity index (χ3n) is 6.13. The van der Waals surface area contributed by atoms with E-state index in [0.717, 1.165) is 25.6 Å². The van der Waals surface area contributed by atoms with Crippen molar-refractivity contribution in [1.82, 2.24) is 10.6 Å². The highest BCUT2D eigenvalue weighted by atomic mass is 79.9. The van der Waals surface area contributed by atoms with Gasteiger partial charge in [0, 0.05) is 32.2 Å². The van der Waals surface area contributed by atoms with Gasteiger partial charge in [0.1, 0.15) is 6.54 Å². The lowest BCUT2D eigenvalue weighted by Gasteiger charge is -2.07. The molecule has 4 aromatic rings. The fourth-order valence-corrected chi connectivity index (χ4v) is 4.08. The Hall–Kier alpha value is -4.68. The minimum atomic E-state index is -1.06. The summed E-state index contributed by atoms with van der Waals surface area (Å²) in [7, 11) is 0. The Bertz CT molecular complexity index is 1640. The number of nitrogen functional groups attached to an aromatic ring is 3. The average molecular weight is 741 g/mol. The quantitative estimate of drug-likeness (QED) is 0.131. The van der Waals surface area contributed by atoms with Crippen molar-refractivity contribution in [3.8, 4) is 0 Å². The number of amides is 2. The number of nitrogens with one attached hydrogen (secondary N) is 2. The third kappa shape index (κ3) is 12.8. The molecule has 236 valence electrons. The summed E-state index contributed by atoms with van der Waals surface area (Å²) in [6.07, 6.45) is 0.215. The van der Waals surface area contributed by atoms with Crippen LogP contribution >= 0.6 is 31.9 Å². The van der Waals surface area contributed by atoms with E-state index in [1.165, 1.54) is 0 Å². The summed E-state index contributed by atoms with van der Waals surface area (Å²) in [5.74, 6) is -1.78. The molecule has 0 aliphatic rings. The molecule has 0 saturated heterocycles. The maximum absolute atomic E-state index is 12.0. The van der Waals surface area contributed by atoms with Crippen LogP contribution in [0.1, 0.15) is 37.4 Å². The van der Waals surface area contributed by atoms with E-state index >= 15 is 0 Å². The molecule has 0 atom stereocenters. The minimum absolute atomic E-state index is 0.0116. The van der Waals surface area contributed by atoms with Gasteiger partial charge in [-0.2, -0.15) is 0 Å². The zero-order valence-electron chi connectivity index (χ0n) is 24.8. The third-order valence-corrected chi connectivity index (χ3v) is 7.90. The first kappa shape index (κ1) is 36.5. The summed E-state index contributed by atoms with van der Waals surface area (Å²) in [6.45, 7) is 3.39. The molecule has 0 spiro atoms. The molecular weight excluding hydrogens is 706 g/mol. The molecule has 10 nitrogen and oxygen atoms in total. The van der Waals surface area contributed by atoms with Gasteiger partial charge in [-0.3, -0.25) is 19.2 Å². The summed E-state index contributed by atoms with van der Waals surface area (Å²) in [5.41, 5.74) is 22.1. The summed E-state index contributed by atoms with van der Waals surface area (Å²) in [4.78, 5) is 45.6. The van der Waals surface area contributed by atoms with Crippen LogP contribution in [0.3, 0.4) is 0 Å². The van der Waals surface area contributed by atoms with Gasteiger partial charge in [0.15, 0.2) is 5.78 Å². The number of carboxylic acids is 1. The molecule has 0 fully saturated rings. The van der Waals surface area contributed by atoms with Crippen LogP contribution < -0.4 is 27.8 Å². The summed E-state index contributed by atoms with van der Waals surface area (Å²) in [6, 6.07) is 24.9. The monoisotopic (exact) mass is 739 g/mol. The van der Waals surface area contributed by atoms with Crippen molar-refractivity contribution in [3.63, 3.8) is 0 Å². The predicted molar refractivity (Wildman–Crippen MR) is 185 cm³/mol. The zero-order chi connectivity index (χ0) is 33.5. The number of hydrogen-bond donors (Lipinski definition) is 6. The number of anilines is 3. The van der Waals surface area contributed by atoms with Crippen molar-refractivity contribution in [3.05, 3.63) is 122 Å². The molecule has 45 heavy (non-hydrogen) atoms. The van der Waals surface area contributed by atoms with Crippen LogP contribution in [-0.4, -0.2) is 41.8 Å². The fraction of sp³-hybridized carbons (Fsp3) is 0.152. The number of carbonyl (C=O) groups excluding carboxylic acids is 3. The number of aliphatic carboxylic acids is 1. The molecule has 4 rings (SSSR count). The van der Waals surface area contributed by atoms with Crippen molar-refractivity contribution in [2.45, 2.75) is 20.3 Å². The zero-order valence-corrected chi connectivity index (χ0v) is 27.9. The molecule has 0 saturated carbocycles. The van der Waals surface area contributed by atoms with Crippen molar-refractivity contribution in [1.29, 1.82) is 0 Å². The lowest BCUT2D eigenvalue weighted by atomic mass is 10.1. The van der Waals surface area contributed by atoms with E-state index in [4.69, 9.17) is 22.3 Å². The Balaban J connectivity index is 0.000000263. The number of halogens is 2. The second-order valence-corrected chi connectivity index (χ2v) is 11.4. The van der Waals surface area contributed by atoms with Crippen molar-refractivity contribution < 1.29 is 24.3 Å². The summed E-state index contributed by atoms with van der Waals surface area (Å²) >= 11 is 6.70. The van der Waals surface area contributed by atoms with Crippen molar-refractivity contribution in [2.24, 2.45) is 0 Å². The van der Waals surface area contributed by atoms with E-state index in [-0.39, 0.29) is 37.1 Å². The highest BCUT2D eigenvalue weighted by Crippen LogP contribution is 2.18. The largest absolute Gasteiger partial charge is 0.480 e. The van der Waals surface area contributed by atoms with Gasteiger partial charge in [-0.15, -0.1) is 0 Å². The van der Waals surface area contributed by atoms with Crippen LogP contribution in [0.4, 0.5) is 17.1 Å². The molecule has 0 radical (unpaired) electrons. The molecule has 0 aliphatic heterocycles. The number of nitrogens with two attached hydrogens (primary N) is 3. The Kier molecular flexibility index (Phi) is 14.8. The Labute approximate surface area is 278 Å². The number of benzene rings is 4. The first-order valence-electron chi connectivity index (χ1n) is 13.5. The van der Waals surface area contributed by atoms with E-state index in [0.29, 0.717) is 28.2 Å². The Morgan fingerprint density at radius 2 is 1.07 bits per heavy atom. The minimum Gasteiger partial charge on any atom is -0.480 e. The average Bonchev–Trinajstić information content (AvgIpc) is 3.00. The Morgan fingerprint density at radius 3 is 1.47 bits per heavy atom. The molecule has 0 heterocycles. The van der Waals surface area contributed by atoms with Gasteiger partial charge in [0.25, 0.3) is 11.8 Å². The second kappa shape index (κ2) is 18.2. The number of para-hydroxylation sites is 3. The summed E-state index contributed by atoms with van der Waals surface area (Å²) in [5, 5.41) is 13.3. The number of rotatable bonds is 8. The predicted octanol–water partition coefficient (Wildman–Crippen LogP) is 5.30. The molecular formula is C33H35Br2N5O5. The van der Waals surface area contributed by atoms with E-state index in [9.17, 15) is 19.2 Å². The molecule has 4 aromatic carbocycles. The number of hydrogen-bond acceptors (Lipinski definition) is 7. The van der Waals surface area contributed by atoms with Crippen LogP contribution in [0.15, 0.2) is 93.9 Å².